The molecule has 7 heteroatoms. The lowest BCUT2D eigenvalue weighted by Gasteiger charge is -2.17. The summed E-state index contributed by atoms with van der Waals surface area (Å²) < 4.78 is 11.4. The van der Waals surface area contributed by atoms with Gasteiger partial charge in [-0.25, -0.2) is 4.79 Å². The summed E-state index contributed by atoms with van der Waals surface area (Å²) in [6.45, 7) is 0.166. The Hall–Kier alpha value is -3.82. The van der Waals surface area contributed by atoms with E-state index >= 15 is 0 Å². The predicted molar refractivity (Wildman–Crippen MR) is 112 cm³/mol. The lowest BCUT2D eigenvalue weighted by molar-refractivity contribution is -0.115. The Bertz CT molecular complexity index is 1080. The molecule has 3 rings (SSSR count). The van der Waals surface area contributed by atoms with E-state index in [1.165, 1.54) is 12.1 Å². The van der Waals surface area contributed by atoms with E-state index < -0.39 is 11.9 Å². The van der Waals surface area contributed by atoms with Crippen LogP contribution in [0.1, 0.15) is 22.3 Å². The van der Waals surface area contributed by atoms with Gasteiger partial charge in [-0.3, -0.25) is 4.79 Å². The Balaban J connectivity index is 1.94. The van der Waals surface area contributed by atoms with Crippen molar-refractivity contribution in [2.24, 2.45) is 0 Å². The monoisotopic (exact) mass is 420 g/mol. The van der Waals surface area contributed by atoms with Crippen LogP contribution in [0.15, 0.2) is 72.8 Å². The van der Waals surface area contributed by atoms with Crippen molar-refractivity contribution in [2.45, 2.75) is 13.0 Å². The van der Waals surface area contributed by atoms with Gasteiger partial charge in [0.15, 0.2) is 11.5 Å². The maximum absolute atomic E-state index is 12.5. The third kappa shape index (κ3) is 5.60. The zero-order valence-electron chi connectivity index (χ0n) is 15.8. The summed E-state index contributed by atoms with van der Waals surface area (Å²) in [7, 11) is 0. The second kappa shape index (κ2) is 10.1. The van der Waals surface area contributed by atoms with Crippen molar-refractivity contribution in [3.63, 3.8) is 0 Å². The highest BCUT2D eigenvalue weighted by atomic mass is 35.5. The van der Waals surface area contributed by atoms with Gasteiger partial charge < -0.3 is 14.8 Å². The van der Waals surface area contributed by atoms with Gasteiger partial charge in [-0.1, -0.05) is 60.1 Å². The highest BCUT2D eigenvalue weighted by molar-refractivity contribution is 6.31. The van der Waals surface area contributed by atoms with Crippen LogP contribution in [0.2, 0.25) is 5.02 Å². The molecule has 0 atom stereocenters. The van der Waals surface area contributed by atoms with Crippen LogP contribution in [0.3, 0.4) is 0 Å². The highest BCUT2D eigenvalue weighted by Gasteiger charge is 2.19. The number of benzene rings is 3. The minimum atomic E-state index is -0.600. The molecule has 1 amide bonds. The Morgan fingerprint density at radius 2 is 1.67 bits per heavy atom. The SMILES string of the molecule is N#CCC(=O)Nc1cc(Cl)cc(OC(=O)c2ccccc2)c1OCc1ccccc1. The average molecular weight is 421 g/mol. The molecule has 150 valence electrons. The van der Waals surface area contributed by atoms with Crippen LogP contribution in [0, 0.1) is 11.3 Å². The fraction of sp³-hybridized carbons (Fsp3) is 0.0870. The first kappa shape index (κ1) is 20.9. The number of nitrogens with one attached hydrogen (secondary N) is 1. The lowest BCUT2D eigenvalue weighted by atomic mass is 10.2. The molecule has 0 radical (unpaired) electrons. The van der Waals surface area contributed by atoms with Crippen molar-refractivity contribution in [2.75, 3.05) is 5.32 Å². The van der Waals surface area contributed by atoms with E-state index in [0.29, 0.717) is 5.56 Å². The Morgan fingerprint density at radius 3 is 2.33 bits per heavy atom. The smallest absolute Gasteiger partial charge is 0.343 e. The van der Waals surface area contributed by atoms with Crippen LogP contribution >= 0.6 is 11.6 Å². The van der Waals surface area contributed by atoms with Crippen molar-refractivity contribution in [1.29, 1.82) is 5.26 Å². The summed E-state index contributed by atoms with van der Waals surface area (Å²) in [5.41, 5.74) is 1.43. The molecule has 0 unspecified atom stereocenters. The molecule has 0 aromatic heterocycles. The number of anilines is 1. The molecule has 0 fully saturated rings. The van der Waals surface area contributed by atoms with Crippen molar-refractivity contribution in [3.05, 3.63) is 88.9 Å². The van der Waals surface area contributed by atoms with E-state index in [4.69, 9.17) is 26.3 Å². The summed E-state index contributed by atoms with van der Waals surface area (Å²) in [5, 5.41) is 11.6. The number of ether oxygens (including phenoxy) is 2. The van der Waals surface area contributed by atoms with Crippen LogP contribution in [0.5, 0.6) is 11.5 Å². The van der Waals surface area contributed by atoms with Crippen LogP contribution in [-0.4, -0.2) is 11.9 Å². The molecule has 6 nitrogen and oxygen atoms in total. The van der Waals surface area contributed by atoms with Crippen LogP contribution in [-0.2, 0) is 11.4 Å². The zero-order chi connectivity index (χ0) is 21.3. The molecule has 0 bridgehead atoms. The zero-order valence-corrected chi connectivity index (χ0v) is 16.6. The Labute approximate surface area is 178 Å². The quantitative estimate of drug-likeness (QED) is 0.429. The van der Waals surface area contributed by atoms with Gasteiger partial charge in [-0.2, -0.15) is 5.26 Å². The normalized spacial score (nSPS) is 10.0. The Kier molecular flexibility index (Phi) is 7.04. The van der Waals surface area contributed by atoms with Gasteiger partial charge >= 0.3 is 5.97 Å². The summed E-state index contributed by atoms with van der Waals surface area (Å²) >= 11 is 6.17. The van der Waals surface area contributed by atoms with Gasteiger partial charge in [-0.15, -0.1) is 0 Å². The van der Waals surface area contributed by atoms with Gasteiger partial charge in [0, 0.05) is 11.1 Å². The minimum absolute atomic E-state index is 0.0551. The summed E-state index contributed by atoms with van der Waals surface area (Å²) in [6.07, 6.45) is -0.343. The first-order valence-corrected chi connectivity index (χ1v) is 9.39. The topological polar surface area (TPSA) is 88.4 Å². The average Bonchev–Trinajstić information content (AvgIpc) is 2.74. The van der Waals surface area contributed by atoms with Crippen molar-refractivity contribution >= 4 is 29.2 Å². The summed E-state index contributed by atoms with van der Waals surface area (Å²) in [4.78, 5) is 24.5. The molecule has 0 aliphatic carbocycles. The van der Waals surface area contributed by atoms with Gasteiger partial charge in [0.25, 0.3) is 0 Å². The molecule has 0 spiro atoms. The van der Waals surface area contributed by atoms with E-state index in [-0.39, 0.29) is 35.2 Å². The first-order chi connectivity index (χ1) is 14.6. The second-order valence-electron chi connectivity index (χ2n) is 6.19. The van der Waals surface area contributed by atoms with Crippen molar-refractivity contribution < 1.29 is 19.1 Å². The number of nitriles is 1. The third-order valence-electron chi connectivity index (χ3n) is 3.97. The fourth-order valence-corrected chi connectivity index (χ4v) is 2.82. The molecular weight excluding hydrogens is 404 g/mol. The van der Waals surface area contributed by atoms with Crippen LogP contribution < -0.4 is 14.8 Å². The van der Waals surface area contributed by atoms with E-state index in [0.717, 1.165) is 5.56 Å². The molecule has 0 aliphatic rings. The number of nitrogens with zero attached hydrogens (tertiary/aromatic N) is 1. The second-order valence-corrected chi connectivity index (χ2v) is 6.63. The van der Waals surface area contributed by atoms with E-state index in [1.807, 2.05) is 30.3 Å². The molecule has 0 saturated heterocycles. The standard InChI is InChI=1S/C23H17ClN2O4/c24-18-13-19(26-21(27)11-12-25)22(29-15-16-7-3-1-4-8-16)20(14-18)30-23(28)17-9-5-2-6-10-17/h1-10,13-14H,11,15H2,(H,26,27). The molecule has 0 heterocycles. The van der Waals surface area contributed by atoms with Crippen molar-refractivity contribution in [3.8, 4) is 17.6 Å². The first-order valence-electron chi connectivity index (χ1n) is 9.01. The predicted octanol–water partition coefficient (Wildman–Crippen LogP) is 4.99. The number of carbonyl (C=O) groups excluding carboxylic acids is 2. The maximum atomic E-state index is 12.5. The van der Waals surface area contributed by atoms with Gasteiger partial charge in [0.1, 0.15) is 13.0 Å². The fourth-order valence-electron chi connectivity index (χ4n) is 2.62. The molecule has 1 N–H and O–H groups in total. The van der Waals surface area contributed by atoms with E-state index in [1.54, 1.807) is 36.4 Å². The number of rotatable bonds is 7. The Morgan fingerprint density at radius 1 is 1.00 bits per heavy atom. The molecule has 30 heavy (non-hydrogen) atoms. The summed E-state index contributed by atoms with van der Waals surface area (Å²) in [5.74, 6) is -0.945. The molecule has 0 saturated carbocycles. The van der Waals surface area contributed by atoms with Gasteiger partial charge in [0.2, 0.25) is 5.91 Å². The lowest BCUT2D eigenvalue weighted by Crippen LogP contribution is -2.14. The molecular formula is C23H17ClN2O4. The number of halogens is 1. The minimum Gasteiger partial charge on any atom is -0.483 e. The van der Waals surface area contributed by atoms with E-state index in [2.05, 4.69) is 5.32 Å². The van der Waals surface area contributed by atoms with E-state index in [9.17, 15) is 9.59 Å². The maximum Gasteiger partial charge on any atom is 0.343 e. The van der Waals surface area contributed by atoms with Crippen LogP contribution in [0.25, 0.3) is 0 Å². The van der Waals surface area contributed by atoms with Crippen molar-refractivity contribution in [1.82, 2.24) is 0 Å². The van der Waals surface area contributed by atoms with Gasteiger partial charge in [0.05, 0.1) is 17.3 Å². The van der Waals surface area contributed by atoms with Gasteiger partial charge in [-0.05, 0) is 23.8 Å². The highest BCUT2D eigenvalue weighted by Crippen LogP contribution is 2.39. The summed E-state index contributed by atoms with van der Waals surface area (Å²) in [6, 6.07) is 22.5. The van der Waals surface area contributed by atoms with Crippen LogP contribution in [0.4, 0.5) is 5.69 Å². The molecule has 0 aliphatic heterocycles. The number of carbonyl (C=O) groups is 2. The molecule has 3 aromatic carbocycles. The molecule has 3 aromatic rings. The largest absolute Gasteiger partial charge is 0.483 e. The number of hydrogen-bond donors (Lipinski definition) is 1. The number of amides is 1. The number of esters is 1. The third-order valence-corrected chi connectivity index (χ3v) is 4.19. The number of hydrogen-bond acceptors (Lipinski definition) is 5.